The Kier molecular flexibility index (Phi) is 3.35. The number of hydrogen-bond acceptors (Lipinski definition) is 3. The Morgan fingerprint density at radius 3 is 2.67 bits per heavy atom. The van der Waals surface area contributed by atoms with E-state index in [0.717, 1.165) is 5.56 Å². The van der Waals surface area contributed by atoms with Crippen LogP contribution in [0.5, 0.6) is 0 Å². The predicted octanol–water partition coefficient (Wildman–Crippen LogP) is 3.30. The summed E-state index contributed by atoms with van der Waals surface area (Å²) in [7, 11) is 0. The van der Waals surface area contributed by atoms with E-state index in [4.69, 9.17) is 28.9 Å². The number of ketones is 1. The van der Waals surface area contributed by atoms with Gasteiger partial charge in [0.1, 0.15) is 0 Å². The first-order valence-electron chi connectivity index (χ1n) is 6.17. The van der Waals surface area contributed by atoms with Crippen molar-refractivity contribution < 1.29 is 9.59 Å². The summed E-state index contributed by atoms with van der Waals surface area (Å²) < 4.78 is 0. The Labute approximate surface area is 130 Å². The first-order chi connectivity index (χ1) is 9.95. The predicted molar refractivity (Wildman–Crippen MR) is 83.1 cm³/mol. The van der Waals surface area contributed by atoms with Crippen molar-refractivity contribution in [1.82, 2.24) is 0 Å². The number of carbonyl (C=O) groups excluding carboxylic acids is 2. The van der Waals surface area contributed by atoms with Gasteiger partial charge in [-0.2, -0.15) is 0 Å². The van der Waals surface area contributed by atoms with Crippen LogP contribution in [0, 0.1) is 0 Å². The van der Waals surface area contributed by atoms with Crippen molar-refractivity contribution in [1.29, 1.82) is 0 Å². The molecule has 1 aliphatic heterocycles. The number of halogens is 2. The van der Waals surface area contributed by atoms with Gasteiger partial charge in [-0.25, -0.2) is 0 Å². The molecule has 1 aliphatic rings. The molecule has 2 aromatic rings. The highest BCUT2D eigenvalue weighted by atomic mass is 35.5. The molecule has 3 N–H and O–H groups in total. The highest BCUT2D eigenvalue weighted by Crippen LogP contribution is 2.32. The number of hydrogen-bond donors (Lipinski definition) is 2. The van der Waals surface area contributed by atoms with Crippen molar-refractivity contribution in [3.05, 3.63) is 57.1 Å². The van der Waals surface area contributed by atoms with Crippen LogP contribution < -0.4 is 11.1 Å². The number of fused-ring (bicyclic) bond motifs is 1. The van der Waals surface area contributed by atoms with Gasteiger partial charge in [0.05, 0.1) is 11.4 Å². The molecular formula is C15H10Cl2N2O2. The van der Waals surface area contributed by atoms with E-state index >= 15 is 0 Å². The van der Waals surface area contributed by atoms with Crippen molar-refractivity contribution in [2.75, 3.05) is 11.1 Å². The van der Waals surface area contributed by atoms with E-state index in [-0.39, 0.29) is 23.1 Å². The molecule has 0 aliphatic carbocycles. The lowest BCUT2D eigenvalue weighted by atomic mass is 9.99. The molecule has 0 fully saturated rings. The van der Waals surface area contributed by atoms with E-state index in [1.165, 1.54) is 6.07 Å². The highest BCUT2D eigenvalue weighted by molar-refractivity contribution is 6.36. The number of amides is 1. The monoisotopic (exact) mass is 320 g/mol. The summed E-state index contributed by atoms with van der Waals surface area (Å²) in [6, 6.07) is 7.89. The van der Waals surface area contributed by atoms with Crippen LogP contribution in [0.1, 0.15) is 21.5 Å². The molecule has 0 unspecified atom stereocenters. The molecule has 3 rings (SSSR count). The van der Waals surface area contributed by atoms with Crippen molar-refractivity contribution in [3.8, 4) is 0 Å². The van der Waals surface area contributed by atoms with Crippen LogP contribution in [0.2, 0.25) is 10.0 Å². The third-order valence-electron chi connectivity index (χ3n) is 3.32. The SMILES string of the molecule is Nc1ccc(Cl)cc1C(=O)c1cc2c(cc1Cl)NC(=O)C2. The molecule has 0 radical (unpaired) electrons. The fourth-order valence-corrected chi connectivity index (χ4v) is 2.71. The minimum absolute atomic E-state index is 0.118. The number of nitrogen functional groups attached to an aromatic ring is 1. The molecule has 1 heterocycles. The van der Waals surface area contributed by atoms with Gasteiger partial charge >= 0.3 is 0 Å². The van der Waals surface area contributed by atoms with E-state index in [9.17, 15) is 9.59 Å². The Balaban J connectivity index is 2.09. The van der Waals surface area contributed by atoms with Gasteiger partial charge < -0.3 is 11.1 Å². The maximum absolute atomic E-state index is 12.6. The topological polar surface area (TPSA) is 72.2 Å². The fraction of sp³-hybridized carbons (Fsp3) is 0.0667. The molecule has 21 heavy (non-hydrogen) atoms. The van der Waals surface area contributed by atoms with Crippen LogP contribution in [-0.4, -0.2) is 11.7 Å². The van der Waals surface area contributed by atoms with Crippen LogP contribution in [0.25, 0.3) is 0 Å². The third kappa shape index (κ3) is 2.48. The van der Waals surface area contributed by atoms with Crippen LogP contribution >= 0.6 is 23.2 Å². The summed E-state index contributed by atoms with van der Waals surface area (Å²) in [5.41, 5.74) is 8.14. The van der Waals surface area contributed by atoms with E-state index in [1.807, 2.05) is 0 Å². The summed E-state index contributed by atoms with van der Waals surface area (Å²) in [6.45, 7) is 0. The molecule has 106 valence electrons. The van der Waals surface area contributed by atoms with Crippen molar-refractivity contribution in [2.24, 2.45) is 0 Å². The zero-order valence-electron chi connectivity index (χ0n) is 10.7. The molecule has 0 aromatic heterocycles. The van der Waals surface area contributed by atoms with Crippen molar-refractivity contribution in [2.45, 2.75) is 6.42 Å². The lowest BCUT2D eigenvalue weighted by Gasteiger charge is -2.09. The van der Waals surface area contributed by atoms with Gasteiger partial charge in [-0.05, 0) is 35.9 Å². The number of anilines is 2. The molecule has 1 amide bonds. The first-order valence-corrected chi connectivity index (χ1v) is 6.93. The zero-order chi connectivity index (χ0) is 15.1. The summed E-state index contributed by atoms with van der Waals surface area (Å²) in [5.74, 6) is -0.435. The summed E-state index contributed by atoms with van der Waals surface area (Å²) in [6.07, 6.45) is 0.234. The van der Waals surface area contributed by atoms with Crippen LogP contribution in [-0.2, 0) is 11.2 Å². The lowest BCUT2D eigenvalue weighted by Crippen LogP contribution is -2.06. The van der Waals surface area contributed by atoms with E-state index in [1.54, 1.807) is 24.3 Å². The average Bonchev–Trinajstić information content (AvgIpc) is 2.79. The fourth-order valence-electron chi connectivity index (χ4n) is 2.29. The number of nitrogens with two attached hydrogens (primary N) is 1. The third-order valence-corrected chi connectivity index (χ3v) is 3.87. The molecule has 0 saturated heterocycles. The van der Waals surface area contributed by atoms with Gasteiger partial charge in [0.2, 0.25) is 5.91 Å². The molecule has 0 saturated carbocycles. The van der Waals surface area contributed by atoms with Crippen LogP contribution in [0.15, 0.2) is 30.3 Å². The second-order valence-corrected chi connectivity index (χ2v) is 5.62. The Morgan fingerprint density at radius 1 is 1.14 bits per heavy atom. The first kappa shape index (κ1) is 13.9. The van der Waals surface area contributed by atoms with Gasteiger partial charge in [-0.15, -0.1) is 0 Å². The number of benzene rings is 2. The summed E-state index contributed by atoms with van der Waals surface area (Å²) in [4.78, 5) is 24.0. The van der Waals surface area contributed by atoms with Crippen LogP contribution in [0.3, 0.4) is 0 Å². The second kappa shape index (κ2) is 5.06. The smallest absolute Gasteiger partial charge is 0.228 e. The average molecular weight is 321 g/mol. The largest absolute Gasteiger partial charge is 0.398 e. The minimum atomic E-state index is -0.317. The molecular weight excluding hydrogens is 311 g/mol. The zero-order valence-corrected chi connectivity index (χ0v) is 12.3. The summed E-state index contributed by atoms with van der Waals surface area (Å²) in [5, 5.41) is 3.37. The maximum atomic E-state index is 12.6. The highest BCUT2D eigenvalue weighted by Gasteiger charge is 2.23. The van der Waals surface area contributed by atoms with Crippen molar-refractivity contribution in [3.63, 3.8) is 0 Å². The van der Waals surface area contributed by atoms with E-state index in [0.29, 0.717) is 27.5 Å². The maximum Gasteiger partial charge on any atom is 0.228 e. The normalized spacial score (nSPS) is 13.0. The van der Waals surface area contributed by atoms with Crippen LogP contribution in [0.4, 0.5) is 11.4 Å². The van der Waals surface area contributed by atoms with E-state index in [2.05, 4.69) is 5.32 Å². The van der Waals surface area contributed by atoms with Gasteiger partial charge in [0.25, 0.3) is 0 Å². The van der Waals surface area contributed by atoms with Gasteiger partial charge in [0.15, 0.2) is 5.78 Å². The van der Waals surface area contributed by atoms with Crippen molar-refractivity contribution >= 4 is 46.3 Å². The quantitative estimate of drug-likeness (QED) is 0.658. The molecule has 0 spiro atoms. The number of nitrogens with one attached hydrogen (secondary N) is 1. The lowest BCUT2D eigenvalue weighted by molar-refractivity contribution is -0.115. The van der Waals surface area contributed by atoms with Gasteiger partial charge in [-0.1, -0.05) is 23.2 Å². The molecule has 6 heteroatoms. The summed E-state index contributed by atoms with van der Waals surface area (Å²) >= 11 is 12.1. The minimum Gasteiger partial charge on any atom is -0.398 e. The number of rotatable bonds is 2. The Morgan fingerprint density at radius 2 is 1.90 bits per heavy atom. The molecule has 4 nitrogen and oxygen atoms in total. The van der Waals surface area contributed by atoms with E-state index < -0.39 is 0 Å². The van der Waals surface area contributed by atoms with Gasteiger partial charge in [0, 0.05) is 27.5 Å². The molecule has 0 bridgehead atoms. The standard InChI is InChI=1S/C15H10Cl2N2O2/c16-8-1-2-12(18)10(5-8)15(21)9-3-7-4-14(20)19-13(7)6-11(9)17/h1-3,5-6H,4,18H2,(H,19,20). The Hall–Kier alpha value is -2.04. The second-order valence-electron chi connectivity index (χ2n) is 4.77. The Bertz CT molecular complexity index is 787. The number of carbonyl (C=O) groups is 2. The molecule has 2 aromatic carbocycles. The van der Waals surface area contributed by atoms with Gasteiger partial charge in [-0.3, -0.25) is 9.59 Å². The molecule has 0 atom stereocenters.